The van der Waals surface area contributed by atoms with Crippen molar-refractivity contribution < 1.29 is 9.90 Å². The van der Waals surface area contributed by atoms with Crippen molar-refractivity contribution in [3.05, 3.63) is 72.2 Å². The summed E-state index contributed by atoms with van der Waals surface area (Å²) < 4.78 is 1.91. The Hall–Kier alpha value is -2.66. The van der Waals surface area contributed by atoms with E-state index in [4.69, 9.17) is 5.11 Å². The van der Waals surface area contributed by atoms with Gasteiger partial charge in [0.05, 0.1) is 18.2 Å². The van der Waals surface area contributed by atoms with Gasteiger partial charge in [-0.1, -0.05) is 36.4 Å². The van der Waals surface area contributed by atoms with Gasteiger partial charge in [0.15, 0.2) is 0 Å². The lowest BCUT2D eigenvalue weighted by Gasteiger charge is -2.18. The quantitative estimate of drug-likeness (QED) is 0.702. The molecule has 0 aliphatic heterocycles. The molecule has 2 aromatic heterocycles. The van der Waals surface area contributed by atoms with Crippen LogP contribution in [0.25, 0.3) is 5.65 Å². The Morgan fingerprint density at radius 3 is 2.71 bits per heavy atom. The first-order valence-electron chi connectivity index (χ1n) is 8.14. The van der Waals surface area contributed by atoms with Gasteiger partial charge in [-0.05, 0) is 30.5 Å². The molecule has 0 bridgehead atoms. The molecular formula is C19H21N3O2. The molecule has 0 saturated heterocycles. The lowest BCUT2D eigenvalue weighted by molar-refractivity contribution is -0.121. The molecule has 0 aliphatic carbocycles. The Bertz CT molecular complexity index is 765. The van der Waals surface area contributed by atoms with Crippen LogP contribution in [0, 0.1) is 0 Å². The van der Waals surface area contributed by atoms with Crippen LogP contribution in [0.15, 0.2) is 60.9 Å². The maximum absolute atomic E-state index is 12.4. The predicted octanol–water partition coefficient (Wildman–Crippen LogP) is 2.51. The van der Waals surface area contributed by atoms with E-state index in [0.717, 1.165) is 16.9 Å². The van der Waals surface area contributed by atoms with E-state index < -0.39 is 0 Å². The summed E-state index contributed by atoms with van der Waals surface area (Å²) in [6, 6.07) is 15.5. The normalized spacial score (nSPS) is 12.2. The first-order chi connectivity index (χ1) is 11.8. The van der Waals surface area contributed by atoms with Crippen molar-refractivity contribution in [1.82, 2.24) is 14.7 Å². The zero-order chi connectivity index (χ0) is 16.8. The molecule has 0 spiro atoms. The monoisotopic (exact) mass is 323 g/mol. The Kier molecular flexibility index (Phi) is 5.23. The molecule has 5 nitrogen and oxygen atoms in total. The third-order valence-electron chi connectivity index (χ3n) is 3.94. The summed E-state index contributed by atoms with van der Waals surface area (Å²) >= 11 is 0. The number of nitrogens with one attached hydrogen (secondary N) is 1. The average molecular weight is 323 g/mol. The third kappa shape index (κ3) is 4.00. The number of amides is 1. The van der Waals surface area contributed by atoms with Gasteiger partial charge in [-0.3, -0.25) is 4.79 Å². The van der Waals surface area contributed by atoms with Crippen LogP contribution < -0.4 is 5.32 Å². The highest BCUT2D eigenvalue weighted by atomic mass is 16.3. The van der Waals surface area contributed by atoms with Gasteiger partial charge in [-0.15, -0.1) is 0 Å². The molecule has 5 heteroatoms. The molecule has 3 aromatic rings. The maximum Gasteiger partial charge on any atom is 0.226 e. The molecule has 1 amide bonds. The lowest BCUT2D eigenvalue weighted by atomic mass is 10.0. The number of aliphatic hydroxyl groups excluding tert-OH is 1. The standard InChI is InChI=1S/C19H21N3O2/c23-12-6-9-17(15-7-2-1-3-8-15)21-19(24)13-16-14-22-11-5-4-10-18(22)20-16/h1-5,7-8,10-11,14,17,23H,6,9,12-13H2,(H,21,24). The predicted molar refractivity (Wildman–Crippen MR) is 92.5 cm³/mol. The molecule has 3 rings (SSSR count). The minimum atomic E-state index is -0.0946. The Morgan fingerprint density at radius 1 is 1.17 bits per heavy atom. The van der Waals surface area contributed by atoms with E-state index in [1.807, 2.05) is 65.3 Å². The van der Waals surface area contributed by atoms with Crippen LogP contribution in [0.3, 0.4) is 0 Å². The van der Waals surface area contributed by atoms with E-state index in [0.29, 0.717) is 12.8 Å². The highest BCUT2D eigenvalue weighted by molar-refractivity contribution is 5.78. The minimum Gasteiger partial charge on any atom is -0.396 e. The second kappa shape index (κ2) is 7.75. The number of rotatable bonds is 7. The fraction of sp³-hybridized carbons (Fsp3) is 0.263. The fourth-order valence-corrected chi connectivity index (χ4v) is 2.79. The second-order valence-corrected chi connectivity index (χ2v) is 5.77. The van der Waals surface area contributed by atoms with Crippen molar-refractivity contribution in [2.75, 3.05) is 6.61 Å². The molecule has 1 atom stereocenters. The van der Waals surface area contributed by atoms with Gasteiger partial charge < -0.3 is 14.8 Å². The summed E-state index contributed by atoms with van der Waals surface area (Å²) in [5, 5.41) is 12.1. The van der Waals surface area contributed by atoms with Gasteiger partial charge in [0, 0.05) is 19.0 Å². The first-order valence-corrected chi connectivity index (χ1v) is 8.14. The molecule has 0 fully saturated rings. The number of nitrogens with zero attached hydrogens (tertiary/aromatic N) is 2. The summed E-state index contributed by atoms with van der Waals surface area (Å²) in [7, 11) is 0. The molecule has 2 N–H and O–H groups in total. The largest absolute Gasteiger partial charge is 0.396 e. The number of aliphatic hydroxyl groups is 1. The second-order valence-electron chi connectivity index (χ2n) is 5.77. The molecule has 124 valence electrons. The number of carbonyl (C=O) groups is 1. The van der Waals surface area contributed by atoms with Crippen LogP contribution in [0.2, 0.25) is 0 Å². The summed E-state index contributed by atoms with van der Waals surface area (Å²) in [6.07, 6.45) is 5.38. The van der Waals surface area contributed by atoms with E-state index in [9.17, 15) is 4.79 Å². The number of carbonyl (C=O) groups excluding carboxylic acids is 1. The fourth-order valence-electron chi connectivity index (χ4n) is 2.79. The van der Waals surface area contributed by atoms with Crippen LogP contribution in [0.4, 0.5) is 0 Å². The van der Waals surface area contributed by atoms with Gasteiger partial charge in [0.2, 0.25) is 5.91 Å². The molecule has 2 heterocycles. The third-order valence-corrected chi connectivity index (χ3v) is 3.94. The van der Waals surface area contributed by atoms with Gasteiger partial charge in [-0.25, -0.2) is 4.98 Å². The summed E-state index contributed by atoms with van der Waals surface area (Å²) in [5.41, 5.74) is 2.63. The van der Waals surface area contributed by atoms with Crippen LogP contribution in [0.5, 0.6) is 0 Å². The van der Waals surface area contributed by atoms with Crippen LogP contribution in [-0.2, 0) is 11.2 Å². The number of benzene rings is 1. The molecule has 24 heavy (non-hydrogen) atoms. The first kappa shape index (κ1) is 16.2. The van der Waals surface area contributed by atoms with E-state index in [1.54, 1.807) is 0 Å². The number of aromatic nitrogens is 2. The molecule has 0 aliphatic rings. The van der Waals surface area contributed by atoms with Crippen LogP contribution >= 0.6 is 0 Å². The Labute approximate surface area is 141 Å². The number of fused-ring (bicyclic) bond motifs is 1. The molecule has 1 unspecified atom stereocenters. The zero-order valence-corrected chi connectivity index (χ0v) is 13.4. The maximum atomic E-state index is 12.4. The number of hydrogen-bond acceptors (Lipinski definition) is 3. The van der Waals surface area contributed by atoms with Gasteiger partial charge in [0.25, 0.3) is 0 Å². The SMILES string of the molecule is O=C(Cc1cn2ccccc2n1)NC(CCCO)c1ccccc1. The molecular weight excluding hydrogens is 302 g/mol. The van der Waals surface area contributed by atoms with Gasteiger partial charge in [-0.2, -0.15) is 0 Å². The van der Waals surface area contributed by atoms with Crippen molar-refractivity contribution >= 4 is 11.6 Å². The number of hydrogen-bond donors (Lipinski definition) is 2. The molecule has 1 aromatic carbocycles. The smallest absolute Gasteiger partial charge is 0.226 e. The van der Waals surface area contributed by atoms with Crippen molar-refractivity contribution in [2.45, 2.75) is 25.3 Å². The van der Waals surface area contributed by atoms with Crippen LogP contribution in [-0.4, -0.2) is 27.0 Å². The van der Waals surface area contributed by atoms with Gasteiger partial charge in [0.1, 0.15) is 5.65 Å². The summed E-state index contributed by atoms with van der Waals surface area (Å²) in [5.74, 6) is -0.0646. The summed E-state index contributed by atoms with van der Waals surface area (Å²) in [6.45, 7) is 0.117. The zero-order valence-electron chi connectivity index (χ0n) is 13.4. The van der Waals surface area contributed by atoms with E-state index in [1.165, 1.54) is 0 Å². The van der Waals surface area contributed by atoms with Gasteiger partial charge >= 0.3 is 0 Å². The Morgan fingerprint density at radius 2 is 1.96 bits per heavy atom. The minimum absolute atomic E-state index is 0.0646. The van der Waals surface area contributed by atoms with E-state index in [-0.39, 0.29) is 25.0 Å². The summed E-state index contributed by atoms with van der Waals surface area (Å²) in [4.78, 5) is 16.9. The van der Waals surface area contributed by atoms with Crippen LogP contribution in [0.1, 0.15) is 30.1 Å². The number of pyridine rings is 1. The van der Waals surface area contributed by atoms with Crippen molar-refractivity contribution in [3.63, 3.8) is 0 Å². The Balaban J connectivity index is 1.68. The molecule has 0 saturated carbocycles. The van der Waals surface area contributed by atoms with E-state index in [2.05, 4.69) is 10.3 Å². The highest BCUT2D eigenvalue weighted by Crippen LogP contribution is 2.18. The topological polar surface area (TPSA) is 66.6 Å². The van der Waals surface area contributed by atoms with Crippen molar-refractivity contribution in [3.8, 4) is 0 Å². The van der Waals surface area contributed by atoms with E-state index >= 15 is 0 Å². The highest BCUT2D eigenvalue weighted by Gasteiger charge is 2.15. The van der Waals surface area contributed by atoms with Crippen molar-refractivity contribution in [2.24, 2.45) is 0 Å². The van der Waals surface area contributed by atoms with Crippen molar-refractivity contribution in [1.29, 1.82) is 0 Å². The lowest BCUT2D eigenvalue weighted by Crippen LogP contribution is -2.30. The molecule has 0 radical (unpaired) electrons. The average Bonchev–Trinajstić information content (AvgIpc) is 3.01. The number of imidazole rings is 1.